The van der Waals surface area contributed by atoms with Gasteiger partial charge in [-0.2, -0.15) is 0 Å². The predicted octanol–water partition coefficient (Wildman–Crippen LogP) is 5.21. The number of carbonyl (C=O) groups is 1. The lowest BCUT2D eigenvalue weighted by molar-refractivity contribution is -0.113. The topological polar surface area (TPSA) is 59.8 Å². The number of benzene rings is 3. The van der Waals surface area contributed by atoms with Gasteiger partial charge in [-0.1, -0.05) is 78.0 Å². The van der Waals surface area contributed by atoms with Gasteiger partial charge in [-0.15, -0.1) is 10.2 Å². The Morgan fingerprint density at radius 1 is 0.935 bits per heavy atom. The van der Waals surface area contributed by atoms with Crippen LogP contribution in [0.25, 0.3) is 5.69 Å². The van der Waals surface area contributed by atoms with Gasteiger partial charge >= 0.3 is 0 Å². The van der Waals surface area contributed by atoms with E-state index in [0.717, 1.165) is 22.8 Å². The molecule has 0 radical (unpaired) electrons. The first-order valence-electron chi connectivity index (χ1n) is 10.1. The summed E-state index contributed by atoms with van der Waals surface area (Å²) >= 11 is 1.39. The average molecular weight is 429 g/mol. The molecule has 4 aromatic rings. The van der Waals surface area contributed by atoms with E-state index >= 15 is 0 Å². The molecule has 3 aromatic carbocycles. The van der Waals surface area contributed by atoms with Crippen molar-refractivity contribution in [3.63, 3.8) is 0 Å². The molecular weight excluding hydrogens is 404 g/mol. The Balaban J connectivity index is 1.60. The number of carbonyl (C=O) groups excluding carboxylic acids is 1. The van der Waals surface area contributed by atoms with Gasteiger partial charge in [0.05, 0.1) is 11.4 Å². The second kappa shape index (κ2) is 9.62. The third kappa shape index (κ3) is 5.22. The lowest BCUT2D eigenvalue weighted by Gasteiger charge is -2.13. The molecule has 0 saturated heterocycles. The van der Waals surface area contributed by atoms with Gasteiger partial charge in [-0.05, 0) is 43.2 Å². The number of nitrogens with zero attached hydrogens (tertiary/aromatic N) is 3. The highest BCUT2D eigenvalue weighted by molar-refractivity contribution is 7.99. The molecule has 0 aliphatic rings. The molecule has 0 fully saturated rings. The SMILES string of the molecule is Cc1ccc(-n2c(Cc3ccccc3)nnc2SCC(=O)Nc2ccccc2)c(C)c1. The van der Waals surface area contributed by atoms with Crippen molar-refractivity contribution >= 4 is 23.4 Å². The van der Waals surface area contributed by atoms with Crippen LogP contribution in [0.1, 0.15) is 22.5 Å². The molecule has 6 heteroatoms. The summed E-state index contributed by atoms with van der Waals surface area (Å²) in [7, 11) is 0. The summed E-state index contributed by atoms with van der Waals surface area (Å²) in [5, 5.41) is 12.5. The van der Waals surface area contributed by atoms with Crippen molar-refractivity contribution in [2.24, 2.45) is 0 Å². The second-order valence-corrected chi connectivity index (χ2v) is 8.33. The Morgan fingerprint density at radius 2 is 1.65 bits per heavy atom. The fourth-order valence-corrected chi connectivity index (χ4v) is 4.20. The summed E-state index contributed by atoms with van der Waals surface area (Å²) in [6.45, 7) is 4.17. The van der Waals surface area contributed by atoms with Gasteiger partial charge in [0, 0.05) is 12.1 Å². The minimum atomic E-state index is -0.0732. The summed E-state index contributed by atoms with van der Waals surface area (Å²) < 4.78 is 2.07. The third-order valence-corrected chi connectivity index (χ3v) is 5.82. The van der Waals surface area contributed by atoms with Crippen LogP contribution in [0.15, 0.2) is 84.0 Å². The molecule has 0 aliphatic heterocycles. The number of hydrogen-bond acceptors (Lipinski definition) is 4. The van der Waals surface area contributed by atoms with Crippen molar-refractivity contribution in [3.05, 3.63) is 101 Å². The zero-order valence-electron chi connectivity index (χ0n) is 17.6. The van der Waals surface area contributed by atoms with Gasteiger partial charge < -0.3 is 5.32 Å². The number of nitrogens with one attached hydrogen (secondary N) is 1. The zero-order valence-corrected chi connectivity index (χ0v) is 18.4. The number of rotatable bonds is 7. The maximum atomic E-state index is 12.5. The summed E-state index contributed by atoms with van der Waals surface area (Å²) in [6.07, 6.45) is 0.665. The molecular formula is C25H24N4OS. The van der Waals surface area contributed by atoms with Crippen molar-refractivity contribution in [2.75, 3.05) is 11.1 Å². The van der Waals surface area contributed by atoms with Crippen LogP contribution in [-0.4, -0.2) is 26.4 Å². The molecule has 1 heterocycles. The zero-order chi connectivity index (χ0) is 21.6. The van der Waals surface area contributed by atoms with E-state index in [1.54, 1.807) is 0 Å². The molecule has 0 saturated carbocycles. The average Bonchev–Trinajstić information content (AvgIpc) is 3.16. The second-order valence-electron chi connectivity index (χ2n) is 7.39. The van der Waals surface area contributed by atoms with Gasteiger partial charge in [0.25, 0.3) is 0 Å². The van der Waals surface area contributed by atoms with Crippen LogP contribution >= 0.6 is 11.8 Å². The van der Waals surface area contributed by atoms with Crippen LogP contribution in [0.5, 0.6) is 0 Å². The summed E-state index contributed by atoms with van der Waals surface area (Å²) in [5.41, 5.74) is 5.33. The van der Waals surface area contributed by atoms with Crippen LogP contribution in [0.2, 0.25) is 0 Å². The molecule has 156 valence electrons. The third-order valence-electron chi connectivity index (χ3n) is 4.89. The number of hydrogen-bond donors (Lipinski definition) is 1. The van der Waals surface area contributed by atoms with E-state index in [1.165, 1.54) is 22.9 Å². The van der Waals surface area contributed by atoms with Gasteiger partial charge in [-0.3, -0.25) is 9.36 Å². The fraction of sp³-hybridized carbons (Fsp3) is 0.160. The summed E-state index contributed by atoms with van der Waals surface area (Å²) in [5.74, 6) is 1.03. The largest absolute Gasteiger partial charge is 0.325 e. The van der Waals surface area contributed by atoms with Gasteiger partial charge in [0.1, 0.15) is 5.82 Å². The van der Waals surface area contributed by atoms with Crippen LogP contribution in [0.3, 0.4) is 0 Å². The van der Waals surface area contributed by atoms with Crippen LogP contribution in [-0.2, 0) is 11.2 Å². The number of aryl methyl sites for hydroxylation is 2. The minimum Gasteiger partial charge on any atom is -0.325 e. The van der Waals surface area contributed by atoms with Gasteiger partial charge in [0.2, 0.25) is 5.91 Å². The normalized spacial score (nSPS) is 10.8. The predicted molar refractivity (Wildman–Crippen MR) is 126 cm³/mol. The minimum absolute atomic E-state index is 0.0732. The van der Waals surface area contributed by atoms with E-state index in [1.807, 2.05) is 48.5 Å². The standard InChI is InChI=1S/C25H24N4OS/c1-18-13-14-22(19(2)15-18)29-23(16-20-9-5-3-6-10-20)27-28-25(29)31-17-24(30)26-21-11-7-4-8-12-21/h3-15H,16-17H2,1-2H3,(H,26,30). The Hall–Kier alpha value is -3.38. The Labute approximate surface area is 186 Å². The lowest BCUT2D eigenvalue weighted by atomic mass is 10.1. The van der Waals surface area contributed by atoms with E-state index in [-0.39, 0.29) is 11.7 Å². The number of thioether (sulfide) groups is 1. The summed E-state index contributed by atoms with van der Waals surface area (Å²) in [6, 6.07) is 26.0. The quantitative estimate of drug-likeness (QED) is 0.411. The van der Waals surface area contributed by atoms with Crippen molar-refractivity contribution < 1.29 is 4.79 Å². The number of amides is 1. The van der Waals surface area contributed by atoms with Gasteiger partial charge in [-0.25, -0.2) is 0 Å². The Morgan fingerprint density at radius 3 is 2.35 bits per heavy atom. The van der Waals surface area contributed by atoms with Crippen LogP contribution in [0, 0.1) is 13.8 Å². The smallest absolute Gasteiger partial charge is 0.234 e. The first kappa shape index (κ1) is 20.9. The molecule has 1 amide bonds. The van der Waals surface area contributed by atoms with Crippen molar-refractivity contribution in [2.45, 2.75) is 25.4 Å². The molecule has 5 nitrogen and oxygen atoms in total. The van der Waals surface area contributed by atoms with E-state index in [4.69, 9.17) is 0 Å². The molecule has 0 aliphatic carbocycles. The Kier molecular flexibility index (Phi) is 6.48. The monoisotopic (exact) mass is 428 g/mol. The van der Waals surface area contributed by atoms with E-state index in [0.29, 0.717) is 11.6 Å². The van der Waals surface area contributed by atoms with E-state index in [2.05, 4.69) is 64.3 Å². The maximum absolute atomic E-state index is 12.5. The van der Waals surface area contributed by atoms with Crippen LogP contribution in [0.4, 0.5) is 5.69 Å². The molecule has 0 bridgehead atoms. The fourth-order valence-electron chi connectivity index (χ4n) is 3.43. The Bertz CT molecular complexity index is 1170. The molecule has 1 N–H and O–H groups in total. The molecule has 31 heavy (non-hydrogen) atoms. The molecule has 0 unspecified atom stereocenters. The maximum Gasteiger partial charge on any atom is 0.234 e. The number of para-hydroxylation sites is 1. The molecule has 0 spiro atoms. The van der Waals surface area contributed by atoms with Crippen molar-refractivity contribution in [1.82, 2.24) is 14.8 Å². The number of aromatic nitrogens is 3. The summed E-state index contributed by atoms with van der Waals surface area (Å²) in [4.78, 5) is 12.5. The van der Waals surface area contributed by atoms with Crippen molar-refractivity contribution in [3.8, 4) is 5.69 Å². The highest BCUT2D eigenvalue weighted by Crippen LogP contribution is 2.26. The molecule has 0 atom stereocenters. The van der Waals surface area contributed by atoms with Gasteiger partial charge in [0.15, 0.2) is 5.16 Å². The number of anilines is 1. The molecule has 1 aromatic heterocycles. The first-order chi connectivity index (χ1) is 15.1. The highest BCUT2D eigenvalue weighted by Gasteiger charge is 2.18. The van der Waals surface area contributed by atoms with Crippen molar-refractivity contribution in [1.29, 1.82) is 0 Å². The van der Waals surface area contributed by atoms with E-state index in [9.17, 15) is 4.79 Å². The van der Waals surface area contributed by atoms with Crippen LogP contribution < -0.4 is 5.32 Å². The molecule has 4 rings (SSSR count). The lowest BCUT2D eigenvalue weighted by Crippen LogP contribution is -2.14. The van der Waals surface area contributed by atoms with E-state index < -0.39 is 0 Å². The highest BCUT2D eigenvalue weighted by atomic mass is 32.2. The first-order valence-corrected chi connectivity index (χ1v) is 11.1.